The zero-order chi connectivity index (χ0) is 30.6. The van der Waals surface area contributed by atoms with E-state index in [0.29, 0.717) is 43.5 Å². The summed E-state index contributed by atoms with van der Waals surface area (Å²) in [6.45, 7) is 7.04. The fourth-order valence-electron chi connectivity index (χ4n) is 6.94. The Kier molecular flexibility index (Phi) is 9.48. The lowest BCUT2D eigenvalue weighted by Gasteiger charge is -2.45. The maximum atomic E-state index is 6.93. The molecule has 1 aliphatic carbocycles. The summed E-state index contributed by atoms with van der Waals surface area (Å²) in [5.41, 5.74) is 7.90. The monoisotopic (exact) mass is 620 g/mol. The van der Waals surface area contributed by atoms with Gasteiger partial charge in [0.2, 0.25) is 0 Å². The summed E-state index contributed by atoms with van der Waals surface area (Å²) in [5.74, 6) is 2.74. The van der Waals surface area contributed by atoms with Gasteiger partial charge in [0.15, 0.2) is 11.5 Å². The second kappa shape index (κ2) is 14.0. The van der Waals surface area contributed by atoms with Gasteiger partial charge in [-0.1, -0.05) is 98.8 Å². The molecule has 3 aliphatic rings. The van der Waals surface area contributed by atoms with E-state index in [0.717, 1.165) is 24.3 Å². The van der Waals surface area contributed by atoms with Crippen molar-refractivity contribution in [2.24, 2.45) is 5.92 Å². The summed E-state index contributed by atoms with van der Waals surface area (Å²) in [6.07, 6.45) is 4.44. The lowest BCUT2D eigenvalue weighted by Crippen LogP contribution is -2.48. The van der Waals surface area contributed by atoms with Crippen molar-refractivity contribution in [3.05, 3.63) is 130 Å². The summed E-state index contributed by atoms with van der Waals surface area (Å²) >= 11 is 2.08. The predicted molar refractivity (Wildman–Crippen MR) is 182 cm³/mol. The van der Waals surface area contributed by atoms with E-state index in [2.05, 4.69) is 123 Å². The van der Waals surface area contributed by atoms with Crippen LogP contribution in [0.3, 0.4) is 0 Å². The molecule has 2 fully saturated rings. The van der Waals surface area contributed by atoms with Gasteiger partial charge in [0, 0.05) is 5.25 Å². The highest BCUT2D eigenvalue weighted by Crippen LogP contribution is 2.50. The smallest absolute Gasteiger partial charge is 0.161 e. The third kappa shape index (κ3) is 7.11. The van der Waals surface area contributed by atoms with Gasteiger partial charge in [0.1, 0.15) is 19.3 Å². The topological polar surface area (TPSA) is 36.9 Å². The number of thioether (sulfide) groups is 1. The number of hydrogen-bond donors (Lipinski definition) is 0. The van der Waals surface area contributed by atoms with Gasteiger partial charge in [0.05, 0.1) is 24.6 Å². The van der Waals surface area contributed by atoms with E-state index in [1.807, 2.05) is 0 Å². The third-order valence-electron chi connectivity index (χ3n) is 9.54. The van der Waals surface area contributed by atoms with Crippen molar-refractivity contribution in [3.63, 3.8) is 0 Å². The quantitative estimate of drug-likeness (QED) is 0.167. The molecule has 45 heavy (non-hydrogen) atoms. The van der Waals surface area contributed by atoms with Crippen molar-refractivity contribution in [3.8, 4) is 11.5 Å². The Hall–Kier alpha value is -3.25. The molecule has 0 bridgehead atoms. The molecule has 4 aromatic carbocycles. The Morgan fingerprint density at radius 1 is 0.711 bits per heavy atom. The third-order valence-corrected chi connectivity index (χ3v) is 11.5. The second-order valence-electron chi connectivity index (χ2n) is 12.8. The van der Waals surface area contributed by atoms with Crippen molar-refractivity contribution in [2.75, 3.05) is 13.2 Å². The van der Waals surface area contributed by atoms with Crippen LogP contribution in [0.1, 0.15) is 77.7 Å². The van der Waals surface area contributed by atoms with Crippen LogP contribution in [0.15, 0.2) is 97.1 Å². The maximum Gasteiger partial charge on any atom is 0.161 e. The molecule has 2 aliphatic heterocycles. The normalized spacial score (nSPS) is 24.4. The van der Waals surface area contributed by atoms with Crippen molar-refractivity contribution < 1.29 is 18.9 Å². The van der Waals surface area contributed by atoms with Gasteiger partial charge in [-0.2, -0.15) is 0 Å². The van der Waals surface area contributed by atoms with E-state index in [9.17, 15) is 0 Å². The fraction of sp³-hybridized carbons (Fsp3) is 0.400. The van der Waals surface area contributed by atoms with E-state index in [-0.39, 0.29) is 17.5 Å². The highest BCUT2D eigenvalue weighted by Gasteiger charge is 2.45. The lowest BCUT2D eigenvalue weighted by atomic mass is 9.87. The molecular weight excluding hydrogens is 577 g/mol. The Balaban J connectivity index is 1.21. The molecule has 0 spiro atoms. The molecule has 4 aromatic rings. The molecule has 0 radical (unpaired) electrons. The Labute approximate surface area is 272 Å². The first-order valence-corrected chi connectivity index (χ1v) is 17.6. The molecule has 0 unspecified atom stereocenters. The molecule has 2 heterocycles. The van der Waals surface area contributed by atoms with Crippen LogP contribution < -0.4 is 9.47 Å². The highest BCUT2D eigenvalue weighted by atomic mass is 32.2. The van der Waals surface area contributed by atoms with Crippen LogP contribution in [0, 0.1) is 5.92 Å². The zero-order valence-electron chi connectivity index (χ0n) is 26.4. The minimum absolute atomic E-state index is 0.0190. The molecule has 1 saturated heterocycles. The van der Waals surface area contributed by atoms with Crippen LogP contribution in [-0.2, 0) is 29.1 Å². The van der Waals surface area contributed by atoms with Gasteiger partial charge in [-0.25, -0.2) is 0 Å². The molecule has 0 N–H and O–H groups in total. The van der Waals surface area contributed by atoms with Gasteiger partial charge in [-0.15, -0.1) is 11.8 Å². The number of rotatable bonds is 11. The van der Waals surface area contributed by atoms with E-state index in [1.54, 1.807) is 0 Å². The van der Waals surface area contributed by atoms with Crippen molar-refractivity contribution >= 4 is 11.8 Å². The average Bonchev–Trinajstić information content (AvgIpc) is 3.93. The molecule has 5 heteroatoms. The van der Waals surface area contributed by atoms with Crippen LogP contribution >= 0.6 is 11.8 Å². The minimum Gasteiger partial charge on any atom is -0.486 e. The summed E-state index contributed by atoms with van der Waals surface area (Å²) in [4.78, 5) is 0. The van der Waals surface area contributed by atoms with Gasteiger partial charge >= 0.3 is 0 Å². The van der Waals surface area contributed by atoms with Crippen LogP contribution in [0.25, 0.3) is 0 Å². The Morgan fingerprint density at radius 3 is 2.04 bits per heavy atom. The molecule has 7 rings (SSSR count). The first-order valence-electron chi connectivity index (χ1n) is 16.6. The first kappa shape index (κ1) is 30.4. The van der Waals surface area contributed by atoms with Crippen molar-refractivity contribution in [1.29, 1.82) is 0 Å². The van der Waals surface area contributed by atoms with E-state index >= 15 is 0 Å². The Morgan fingerprint density at radius 2 is 1.38 bits per heavy atom. The number of benzene rings is 4. The molecular formula is C40H44O4S. The van der Waals surface area contributed by atoms with Crippen LogP contribution in [0.2, 0.25) is 0 Å². The number of ether oxygens (including phenoxy) is 4. The average molecular weight is 621 g/mol. The molecule has 4 nitrogen and oxygen atoms in total. The van der Waals surface area contributed by atoms with Crippen LogP contribution in [-0.4, -0.2) is 30.7 Å². The summed E-state index contributed by atoms with van der Waals surface area (Å²) < 4.78 is 25.5. The number of hydrogen-bond acceptors (Lipinski definition) is 5. The van der Waals surface area contributed by atoms with Crippen LogP contribution in [0.4, 0.5) is 0 Å². The summed E-state index contributed by atoms with van der Waals surface area (Å²) in [7, 11) is 0. The molecule has 5 atom stereocenters. The van der Waals surface area contributed by atoms with E-state index in [1.165, 1.54) is 46.2 Å². The van der Waals surface area contributed by atoms with Gasteiger partial charge in [-0.05, 0) is 83.0 Å². The van der Waals surface area contributed by atoms with E-state index < -0.39 is 0 Å². The first-order chi connectivity index (χ1) is 22.2. The van der Waals surface area contributed by atoms with E-state index in [4.69, 9.17) is 18.9 Å². The second-order valence-corrected chi connectivity index (χ2v) is 14.2. The Bertz CT molecular complexity index is 1550. The van der Waals surface area contributed by atoms with Crippen molar-refractivity contribution in [1.82, 2.24) is 0 Å². The largest absolute Gasteiger partial charge is 0.486 e. The molecule has 1 saturated carbocycles. The van der Waals surface area contributed by atoms with Crippen LogP contribution in [0.5, 0.6) is 11.5 Å². The van der Waals surface area contributed by atoms with Gasteiger partial charge < -0.3 is 18.9 Å². The zero-order valence-corrected chi connectivity index (χ0v) is 27.2. The van der Waals surface area contributed by atoms with Gasteiger partial charge in [-0.3, -0.25) is 0 Å². The van der Waals surface area contributed by atoms with Crippen molar-refractivity contribution in [2.45, 2.75) is 81.4 Å². The SMILES string of the molecule is CC[C@H]1S[C@@H](c2ccc(C3CC3)c(Cc3ccc4c(c3)OCCO4)c2)[C@H](OCc2ccccc2)[C@@H](OCc2ccccc2)[C@@H]1C. The van der Waals surface area contributed by atoms with Gasteiger partial charge in [0.25, 0.3) is 0 Å². The lowest BCUT2D eigenvalue weighted by molar-refractivity contribution is -0.112. The molecule has 234 valence electrons. The minimum atomic E-state index is -0.0781. The fourth-order valence-corrected chi connectivity index (χ4v) is 8.60. The highest BCUT2D eigenvalue weighted by molar-refractivity contribution is 8.00. The predicted octanol–water partition coefficient (Wildman–Crippen LogP) is 9.30. The molecule has 0 amide bonds. The molecule has 0 aromatic heterocycles. The standard InChI is InChI=1S/C40H44O4S/c1-3-37-27(2)38(43-25-28-10-6-4-7-11-28)39(44-26-29-12-8-5-9-13-29)40(45-37)32-17-18-34(31-15-16-31)33(24-32)22-30-14-19-35-36(23-30)42-21-20-41-35/h4-14,17-19,23-24,27,31,37-40H,3,15-16,20-22,25-26H2,1-2H3/t27-,37-,38+,39-,40+/m1/s1. The summed E-state index contributed by atoms with van der Waals surface area (Å²) in [5, 5.41) is 0.652. The summed E-state index contributed by atoms with van der Waals surface area (Å²) in [6, 6.07) is 34.8. The maximum absolute atomic E-state index is 6.93. The number of fused-ring (bicyclic) bond motifs is 1.